The number of hydrogen-bond donors (Lipinski definition) is 1. The van der Waals surface area contributed by atoms with Gasteiger partial charge in [-0.25, -0.2) is 10.2 Å². The van der Waals surface area contributed by atoms with E-state index in [2.05, 4.69) is 35.3 Å². The van der Waals surface area contributed by atoms with Gasteiger partial charge in [0.15, 0.2) is 0 Å². The summed E-state index contributed by atoms with van der Waals surface area (Å²) in [7, 11) is 0. The number of rotatable bonds is 8. The average molecular weight is 549 g/mol. The Hall–Kier alpha value is -4.69. The number of nitrogens with one attached hydrogen (secondary N) is 1. The zero-order chi connectivity index (χ0) is 27.9. The maximum Gasteiger partial charge on any atom is 0.343 e. The van der Waals surface area contributed by atoms with Gasteiger partial charge in [0, 0.05) is 37.8 Å². The fourth-order valence-electron chi connectivity index (χ4n) is 4.10. The third kappa shape index (κ3) is 6.65. The van der Waals surface area contributed by atoms with E-state index in [9.17, 15) is 14.9 Å². The summed E-state index contributed by atoms with van der Waals surface area (Å²) in [5.41, 5.74) is 4.04. The van der Waals surface area contributed by atoms with Crippen LogP contribution < -0.4 is 20.0 Å². The zero-order valence-electron chi connectivity index (χ0n) is 21.9. The summed E-state index contributed by atoms with van der Waals surface area (Å²) < 4.78 is 16.3. The second-order valence-electron chi connectivity index (χ2n) is 9.04. The average Bonchev–Trinajstić information content (AvgIpc) is 2.99. The molecule has 0 unspecified atom stereocenters. The van der Waals surface area contributed by atoms with Gasteiger partial charge in [0.1, 0.15) is 5.75 Å². The lowest BCUT2D eigenvalue weighted by Gasteiger charge is -2.30. The minimum Gasteiger partial charge on any atom is -0.423 e. The third-order valence-electron chi connectivity index (χ3n) is 6.31. The first kappa shape index (κ1) is 26.9. The third-order valence-corrected chi connectivity index (χ3v) is 6.31. The Bertz CT molecular complexity index is 1350. The lowest BCUT2D eigenvalue weighted by molar-refractivity contribution is -0.385. The number of esters is 1. The molecule has 0 bridgehead atoms. The van der Waals surface area contributed by atoms with E-state index < -0.39 is 10.9 Å². The number of morpholine rings is 2. The number of nitro benzene ring substituents is 1. The summed E-state index contributed by atoms with van der Waals surface area (Å²) in [5, 5.41) is 15.4. The number of hydrogen-bond acceptors (Lipinski definition) is 13. The van der Waals surface area contributed by atoms with Crippen LogP contribution in [0.3, 0.4) is 0 Å². The maximum atomic E-state index is 12.5. The Balaban J connectivity index is 1.24. The van der Waals surface area contributed by atoms with Gasteiger partial charge in [-0.1, -0.05) is 6.07 Å². The first-order valence-corrected chi connectivity index (χ1v) is 12.7. The van der Waals surface area contributed by atoms with Gasteiger partial charge in [0.25, 0.3) is 5.69 Å². The number of carbonyl (C=O) groups is 1. The molecule has 14 nitrogen and oxygen atoms in total. The van der Waals surface area contributed by atoms with Crippen LogP contribution in [0.4, 0.5) is 23.5 Å². The normalized spacial score (nSPS) is 15.7. The summed E-state index contributed by atoms with van der Waals surface area (Å²) in [6.45, 7) is 6.78. The Morgan fingerprint density at radius 1 is 0.975 bits per heavy atom. The van der Waals surface area contributed by atoms with E-state index >= 15 is 0 Å². The van der Waals surface area contributed by atoms with Crippen LogP contribution in [0.2, 0.25) is 0 Å². The predicted molar refractivity (Wildman–Crippen MR) is 146 cm³/mol. The minimum atomic E-state index is -0.687. The van der Waals surface area contributed by atoms with Crippen molar-refractivity contribution in [2.45, 2.75) is 6.92 Å². The SMILES string of the molecule is Cc1ccc(C(=O)Oc2ccc(C=NNc3nc(N4CCOCC4)nc(N4CCOCC4)n3)cc2)cc1[N+](=O)[O-]. The lowest BCUT2D eigenvalue weighted by atomic mass is 10.1. The molecule has 0 spiro atoms. The van der Waals surface area contributed by atoms with E-state index in [0.29, 0.717) is 81.8 Å². The van der Waals surface area contributed by atoms with Crippen LogP contribution >= 0.6 is 0 Å². The van der Waals surface area contributed by atoms with Crippen LogP contribution in [0, 0.1) is 17.0 Å². The van der Waals surface area contributed by atoms with Crippen molar-refractivity contribution >= 4 is 35.7 Å². The number of nitro groups is 1. The molecule has 0 saturated carbocycles. The second-order valence-corrected chi connectivity index (χ2v) is 9.04. The largest absolute Gasteiger partial charge is 0.423 e. The highest BCUT2D eigenvalue weighted by molar-refractivity contribution is 5.92. The van der Waals surface area contributed by atoms with Gasteiger partial charge in [-0.3, -0.25) is 10.1 Å². The summed E-state index contributed by atoms with van der Waals surface area (Å²) in [6.07, 6.45) is 1.58. The number of anilines is 3. The van der Waals surface area contributed by atoms with Crippen molar-refractivity contribution in [2.75, 3.05) is 67.8 Å². The van der Waals surface area contributed by atoms with Crippen molar-refractivity contribution in [3.05, 3.63) is 69.3 Å². The number of nitrogens with zero attached hydrogens (tertiary/aromatic N) is 7. The standard InChI is InChI=1S/C26H28N8O6/c1-18-2-5-20(16-22(18)34(36)37)23(35)40-21-6-3-19(4-7-21)17-27-31-24-28-25(32-8-12-38-13-9-32)30-26(29-24)33-10-14-39-15-11-33/h2-7,16-17H,8-15H2,1H3,(H,28,29,30,31). The van der Waals surface area contributed by atoms with Crippen LogP contribution in [0.5, 0.6) is 5.75 Å². The molecule has 40 heavy (non-hydrogen) atoms. The van der Waals surface area contributed by atoms with Crippen molar-refractivity contribution in [1.82, 2.24) is 15.0 Å². The summed E-state index contributed by atoms with van der Waals surface area (Å²) >= 11 is 0. The summed E-state index contributed by atoms with van der Waals surface area (Å²) in [6, 6.07) is 10.9. The molecule has 14 heteroatoms. The Kier molecular flexibility index (Phi) is 8.37. The molecule has 208 valence electrons. The molecule has 0 aliphatic carbocycles. The van der Waals surface area contributed by atoms with E-state index in [1.807, 2.05) is 0 Å². The van der Waals surface area contributed by atoms with Crippen LogP contribution in [0.25, 0.3) is 0 Å². The monoisotopic (exact) mass is 548 g/mol. The molecule has 2 saturated heterocycles. The Morgan fingerprint density at radius 2 is 1.57 bits per heavy atom. The van der Waals surface area contributed by atoms with Gasteiger partial charge in [0.2, 0.25) is 17.8 Å². The molecule has 2 aliphatic rings. The first-order valence-electron chi connectivity index (χ1n) is 12.7. The molecule has 0 atom stereocenters. The van der Waals surface area contributed by atoms with Crippen molar-refractivity contribution in [2.24, 2.45) is 5.10 Å². The van der Waals surface area contributed by atoms with Gasteiger partial charge in [-0.2, -0.15) is 20.1 Å². The van der Waals surface area contributed by atoms with E-state index in [1.54, 1.807) is 37.4 Å². The number of aryl methyl sites for hydroxylation is 1. The highest BCUT2D eigenvalue weighted by Gasteiger charge is 2.21. The van der Waals surface area contributed by atoms with Crippen molar-refractivity contribution in [3.8, 4) is 5.75 Å². The fourth-order valence-corrected chi connectivity index (χ4v) is 4.10. The van der Waals surface area contributed by atoms with Crippen molar-refractivity contribution in [1.29, 1.82) is 0 Å². The topological polar surface area (TPSA) is 157 Å². The molecule has 3 heterocycles. The van der Waals surface area contributed by atoms with Crippen LogP contribution in [-0.4, -0.2) is 84.7 Å². The van der Waals surface area contributed by atoms with Gasteiger partial charge >= 0.3 is 5.97 Å². The van der Waals surface area contributed by atoms with E-state index in [4.69, 9.17) is 14.2 Å². The van der Waals surface area contributed by atoms with Crippen molar-refractivity contribution in [3.63, 3.8) is 0 Å². The molecular weight excluding hydrogens is 520 g/mol. The van der Waals surface area contributed by atoms with Crippen LogP contribution in [0.1, 0.15) is 21.5 Å². The molecular formula is C26H28N8O6. The zero-order valence-corrected chi connectivity index (χ0v) is 21.9. The van der Waals surface area contributed by atoms with Crippen LogP contribution in [0.15, 0.2) is 47.6 Å². The molecule has 3 aromatic rings. The van der Waals surface area contributed by atoms with E-state index in [1.165, 1.54) is 18.2 Å². The number of hydrazone groups is 1. The van der Waals surface area contributed by atoms with E-state index in [0.717, 1.165) is 5.56 Å². The highest BCUT2D eigenvalue weighted by Crippen LogP contribution is 2.22. The smallest absolute Gasteiger partial charge is 0.343 e. The second kappa shape index (κ2) is 12.4. The number of carbonyl (C=O) groups excluding carboxylic acids is 1. The molecule has 1 aromatic heterocycles. The van der Waals surface area contributed by atoms with Gasteiger partial charge < -0.3 is 24.0 Å². The highest BCUT2D eigenvalue weighted by atomic mass is 16.6. The fraction of sp³-hybridized carbons (Fsp3) is 0.346. The Labute approximate surface area is 229 Å². The number of ether oxygens (including phenoxy) is 3. The first-order chi connectivity index (χ1) is 19.5. The molecule has 5 rings (SSSR count). The van der Waals surface area contributed by atoms with Crippen molar-refractivity contribution < 1.29 is 23.9 Å². The molecule has 2 aromatic carbocycles. The number of aromatic nitrogens is 3. The minimum absolute atomic E-state index is 0.0948. The lowest BCUT2D eigenvalue weighted by Crippen LogP contribution is -2.40. The van der Waals surface area contributed by atoms with Gasteiger partial charge in [-0.15, -0.1) is 0 Å². The number of benzene rings is 2. The van der Waals surface area contributed by atoms with E-state index in [-0.39, 0.29) is 11.3 Å². The summed E-state index contributed by atoms with van der Waals surface area (Å²) in [4.78, 5) is 41.0. The predicted octanol–water partition coefficient (Wildman–Crippen LogP) is 2.43. The molecule has 2 fully saturated rings. The van der Waals surface area contributed by atoms with Gasteiger partial charge in [0.05, 0.1) is 43.1 Å². The quantitative estimate of drug-likeness (QED) is 0.144. The molecule has 0 amide bonds. The van der Waals surface area contributed by atoms with Gasteiger partial charge in [-0.05, 0) is 42.8 Å². The summed E-state index contributed by atoms with van der Waals surface area (Å²) in [5.74, 6) is 1.03. The molecule has 2 aliphatic heterocycles. The Morgan fingerprint density at radius 3 is 2.15 bits per heavy atom. The molecule has 1 N–H and O–H groups in total. The molecule has 0 radical (unpaired) electrons. The maximum absolute atomic E-state index is 12.5. The van der Waals surface area contributed by atoms with Crippen LogP contribution in [-0.2, 0) is 9.47 Å².